The van der Waals surface area contributed by atoms with E-state index < -0.39 is 6.04 Å². The van der Waals surface area contributed by atoms with Crippen LogP contribution in [0.3, 0.4) is 0 Å². The summed E-state index contributed by atoms with van der Waals surface area (Å²) in [6, 6.07) is 26.6. The van der Waals surface area contributed by atoms with Crippen LogP contribution in [0.1, 0.15) is 48.2 Å². The molecule has 1 atom stereocenters. The molecule has 0 bridgehead atoms. The summed E-state index contributed by atoms with van der Waals surface area (Å²) in [6.07, 6.45) is 5.09. The summed E-state index contributed by atoms with van der Waals surface area (Å²) in [7, 11) is 0. The third-order valence-electron chi connectivity index (χ3n) is 7.86. The van der Waals surface area contributed by atoms with E-state index >= 15 is 0 Å². The lowest BCUT2D eigenvalue weighted by Crippen LogP contribution is -2.46. The van der Waals surface area contributed by atoms with Crippen molar-refractivity contribution in [2.75, 3.05) is 10.2 Å². The van der Waals surface area contributed by atoms with Gasteiger partial charge in [-0.15, -0.1) is 0 Å². The summed E-state index contributed by atoms with van der Waals surface area (Å²) in [6.45, 7) is 4.15. The molecular weight excluding hydrogens is 538 g/mol. The Balaban J connectivity index is 1.43. The highest BCUT2D eigenvalue weighted by Crippen LogP contribution is 2.49. The van der Waals surface area contributed by atoms with E-state index in [4.69, 9.17) is 15.1 Å². The van der Waals surface area contributed by atoms with Gasteiger partial charge in [-0.3, -0.25) is 0 Å². The van der Waals surface area contributed by atoms with E-state index in [-0.39, 0.29) is 11.5 Å². The molecule has 9 heteroatoms. The van der Waals surface area contributed by atoms with E-state index in [2.05, 4.69) is 46.4 Å². The Morgan fingerprint density at radius 1 is 0.884 bits per heavy atom. The zero-order valence-corrected chi connectivity index (χ0v) is 23.9. The number of hydrogen-bond donors (Lipinski definition) is 3. The van der Waals surface area contributed by atoms with Gasteiger partial charge in [0.15, 0.2) is 34.8 Å². The molecule has 0 radical (unpaired) electrons. The van der Waals surface area contributed by atoms with Gasteiger partial charge in [0.25, 0.3) is 0 Å². The van der Waals surface area contributed by atoms with Crippen LogP contribution in [0.25, 0.3) is 5.82 Å². The molecule has 43 heavy (non-hydrogen) atoms. The molecule has 2 aromatic heterocycles. The number of phenolic OH excluding ortho intramolecular Hbond substituents is 2. The highest BCUT2D eigenvalue weighted by atomic mass is 16.3. The van der Waals surface area contributed by atoms with Crippen LogP contribution in [0.5, 0.6) is 11.5 Å². The molecule has 7 rings (SSSR count). The molecule has 214 valence electrons. The van der Waals surface area contributed by atoms with Crippen LogP contribution in [0.15, 0.2) is 101 Å². The fourth-order valence-corrected chi connectivity index (χ4v) is 5.73. The van der Waals surface area contributed by atoms with Crippen molar-refractivity contribution in [1.82, 2.24) is 14.8 Å². The fraction of sp³-hybridized carbons (Fsp3) is 0.176. The van der Waals surface area contributed by atoms with Gasteiger partial charge >= 0.3 is 0 Å². The quantitative estimate of drug-likeness (QED) is 0.188. The SMILES string of the molecule is CCCCc1ccc(NC2=Nc3ccccc3N3C2=Nc2c(c(C)nn2-c2ccccn2)[C@H]3c2ccc(O)c(O)c2)cc1. The second kappa shape index (κ2) is 10.8. The lowest BCUT2D eigenvalue weighted by Gasteiger charge is -2.40. The van der Waals surface area contributed by atoms with Crippen molar-refractivity contribution in [1.29, 1.82) is 0 Å². The molecule has 3 aromatic carbocycles. The summed E-state index contributed by atoms with van der Waals surface area (Å²) in [5, 5.41) is 29.2. The number of rotatable bonds is 6. The van der Waals surface area contributed by atoms with Crippen molar-refractivity contribution < 1.29 is 10.2 Å². The minimum atomic E-state index is -0.434. The Bertz CT molecular complexity index is 1880. The molecular formula is C34H31N7O2. The fourth-order valence-electron chi connectivity index (χ4n) is 5.73. The monoisotopic (exact) mass is 569 g/mol. The Hall–Kier alpha value is -5.44. The van der Waals surface area contributed by atoms with Crippen LogP contribution in [-0.2, 0) is 6.42 Å². The zero-order chi connectivity index (χ0) is 29.5. The molecule has 0 spiro atoms. The topological polar surface area (TPSA) is 111 Å². The normalized spacial score (nSPS) is 15.2. The van der Waals surface area contributed by atoms with E-state index in [0.29, 0.717) is 23.3 Å². The van der Waals surface area contributed by atoms with Gasteiger partial charge < -0.3 is 20.4 Å². The maximum Gasteiger partial charge on any atom is 0.179 e. The van der Waals surface area contributed by atoms with Crippen LogP contribution < -0.4 is 10.2 Å². The maximum atomic E-state index is 10.6. The third-order valence-corrected chi connectivity index (χ3v) is 7.86. The van der Waals surface area contributed by atoms with Gasteiger partial charge in [-0.1, -0.05) is 49.7 Å². The van der Waals surface area contributed by atoms with Gasteiger partial charge in [0.2, 0.25) is 0 Å². The molecule has 0 saturated heterocycles. The number of aryl methyl sites for hydroxylation is 2. The number of phenols is 2. The summed E-state index contributed by atoms with van der Waals surface area (Å²) >= 11 is 0. The molecule has 3 N–H and O–H groups in total. The van der Waals surface area contributed by atoms with Crippen LogP contribution in [0.4, 0.5) is 22.9 Å². The first-order chi connectivity index (χ1) is 21.0. The van der Waals surface area contributed by atoms with Gasteiger partial charge in [-0.05, 0) is 79.4 Å². The van der Waals surface area contributed by atoms with Crippen molar-refractivity contribution in [2.45, 2.75) is 39.2 Å². The number of aromatic nitrogens is 3. The summed E-state index contributed by atoms with van der Waals surface area (Å²) in [4.78, 5) is 16.9. The number of pyridine rings is 1. The minimum absolute atomic E-state index is 0.181. The van der Waals surface area contributed by atoms with E-state index in [9.17, 15) is 10.2 Å². The van der Waals surface area contributed by atoms with Gasteiger partial charge in [0, 0.05) is 17.4 Å². The van der Waals surface area contributed by atoms with Gasteiger partial charge in [0.05, 0.1) is 23.1 Å². The second-order valence-electron chi connectivity index (χ2n) is 10.8. The number of anilines is 2. The third kappa shape index (κ3) is 4.68. The van der Waals surface area contributed by atoms with Gasteiger partial charge in [-0.2, -0.15) is 9.78 Å². The van der Waals surface area contributed by atoms with E-state index in [1.165, 1.54) is 11.6 Å². The molecule has 5 aromatic rings. The predicted octanol–water partition coefficient (Wildman–Crippen LogP) is 7.12. The first-order valence-electron chi connectivity index (χ1n) is 14.5. The lowest BCUT2D eigenvalue weighted by atomic mass is 9.93. The average Bonchev–Trinajstić information content (AvgIpc) is 3.37. The number of benzene rings is 3. The van der Waals surface area contributed by atoms with Crippen molar-refractivity contribution in [3.05, 3.63) is 114 Å². The summed E-state index contributed by atoms with van der Waals surface area (Å²) in [5.41, 5.74) is 6.27. The Kier molecular flexibility index (Phi) is 6.62. The number of aromatic hydroxyl groups is 2. The molecule has 4 heterocycles. The zero-order valence-electron chi connectivity index (χ0n) is 23.9. The van der Waals surface area contributed by atoms with Crippen LogP contribution in [0.2, 0.25) is 0 Å². The van der Waals surface area contributed by atoms with E-state index in [1.807, 2.05) is 55.5 Å². The van der Waals surface area contributed by atoms with E-state index in [1.54, 1.807) is 16.9 Å². The van der Waals surface area contributed by atoms with Gasteiger partial charge in [-0.25, -0.2) is 15.0 Å². The van der Waals surface area contributed by atoms with Crippen LogP contribution >= 0.6 is 0 Å². The number of aliphatic imine (C=N–C) groups is 2. The van der Waals surface area contributed by atoms with Crippen molar-refractivity contribution in [3.8, 4) is 17.3 Å². The number of para-hydroxylation sites is 2. The standard InChI is InChI=1S/C34H31N7O2/c1-3-4-9-22-13-16-24(17-14-22)36-32-34-38-33-30(21(2)39-41(33)29-12-7-8-19-35-29)31(23-15-18-27(42)28(43)20-23)40(34)26-11-6-5-10-25(26)37-32/h5-8,10-20,31,42-43H,3-4,9H2,1-2H3,(H,36,37)/t31-/m1/s1. The maximum absolute atomic E-state index is 10.6. The largest absolute Gasteiger partial charge is 0.504 e. The van der Waals surface area contributed by atoms with Crippen molar-refractivity contribution in [2.24, 2.45) is 9.98 Å². The van der Waals surface area contributed by atoms with Gasteiger partial charge in [0.1, 0.15) is 0 Å². The number of hydrogen-bond acceptors (Lipinski definition) is 8. The highest BCUT2D eigenvalue weighted by Gasteiger charge is 2.41. The van der Waals surface area contributed by atoms with Crippen molar-refractivity contribution >= 4 is 34.6 Å². The average molecular weight is 570 g/mol. The molecule has 0 fully saturated rings. The molecule has 0 saturated carbocycles. The Morgan fingerprint density at radius 2 is 1.70 bits per heavy atom. The number of unbranched alkanes of at least 4 members (excludes halogenated alkanes) is 1. The Morgan fingerprint density at radius 3 is 2.47 bits per heavy atom. The van der Waals surface area contributed by atoms with Crippen molar-refractivity contribution in [3.63, 3.8) is 0 Å². The predicted molar refractivity (Wildman–Crippen MR) is 169 cm³/mol. The first kappa shape index (κ1) is 26.5. The summed E-state index contributed by atoms with van der Waals surface area (Å²) in [5.74, 6) is 2.09. The number of amidine groups is 2. The summed E-state index contributed by atoms with van der Waals surface area (Å²) < 4.78 is 1.75. The molecule has 9 nitrogen and oxygen atoms in total. The lowest BCUT2D eigenvalue weighted by molar-refractivity contribution is 0.403. The van der Waals surface area contributed by atoms with Crippen LogP contribution in [0, 0.1) is 6.92 Å². The number of nitrogens with one attached hydrogen (secondary N) is 1. The molecule has 0 aliphatic carbocycles. The van der Waals surface area contributed by atoms with Crippen LogP contribution in [-0.4, -0.2) is 36.6 Å². The second-order valence-corrected chi connectivity index (χ2v) is 10.8. The molecule has 2 aliphatic rings. The first-order valence-corrected chi connectivity index (χ1v) is 14.5. The Labute approximate surface area is 249 Å². The van der Waals surface area contributed by atoms with E-state index in [0.717, 1.165) is 53.1 Å². The molecule has 2 aliphatic heterocycles. The molecule has 0 unspecified atom stereocenters. The minimum Gasteiger partial charge on any atom is -0.504 e. The molecule has 0 amide bonds. The number of fused-ring (bicyclic) bond motifs is 4. The smallest absolute Gasteiger partial charge is 0.179 e. The number of nitrogens with zero attached hydrogens (tertiary/aromatic N) is 6. The highest BCUT2D eigenvalue weighted by molar-refractivity contribution is 6.51.